The smallest absolute Gasteiger partial charge is 0.156 e. The van der Waals surface area contributed by atoms with E-state index in [0.717, 1.165) is 19.4 Å². The summed E-state index contributed by atoms with van der Waals surface area (Å²) in [5.41, 5.74) is 6.94. The van der Waals surface area contributed by atoms with Crippen LogP contribution in [0.25, 0.3) is 0 Å². The fourth-order valence-electron chi connectivity index (χ4n) is 1.95. The van der Waals surface area contributed by atoms with Gasteiger partial charge in [0.15, 0.2) is 5.84 Å². The van der Waals surface area contributed by atoms with Gasteiger partial charge in [-0.15, -0.1) is 0 Å². The molecule has 0 spiro atoms. The predicted octanol–water partition coefficient (Wildman–Crippen LogP) is 2.29. The first kappa shape index (κ1) is 14.5. The van der Waals surface area contributed by atoms with E-state index in [1.165, 1.54) is 5.56 Å². The number of nitrogens with two attached hydrogens (primary N) is 1. The third-order valence-electron chi connectivity index (χ3n) is 3.22. The summed E-state index contributed by atoms with van der Waals surface area (Å²) in [4.78, 5) is 0. The van der Waals surface area contributed by atoms with Crippen molar-refractivity contribution in [3.63, 3.8) is 0 Å². The van der Waals surface area contributed by atoms with Crippen molar-refractivity contribution in [2.75, 3.05) is 6.54 Å². The maximum Gasteiger partial charge on any atom is 0.156 e. The first-order valence-electron chi connectivity index (χ1n) is 6.44. The molecule has 1 aromatic rings. The van der Waals surface area contributed by atoms with E-state index in [1.54, 1.807) is 0 Å². The van der Waals surface area contributed by atoms with Gasteiger partial charge in [-0.2, -0.15) is 0 Å². The summed E-state index contributed by atoms with van der Waals surface area (Å²) in [5, 5.41) is 15.0. The SMILES string of the molecule is CCC(NCCC(C)c1ccccc1)C(N)=NO. The van der Waals surface area contributed by atoms with E-state index in [0.29, 0.717) is 5.92 Å². The van der Waals surface area contributed by atoms with Crippen LogP contribution in [0.2, 0.25) is 0 Å². The lowest BCUT2D eigenvalue weighted by atomic mass is 9.98. The second kappa shape index (κ2) is 7.71. The molecule has 2 atom stereocenters. The highest BCUT2D eigenvalue weighted by molar-refractivity contribution is 5.85. The van der Waals surface area contributed by atoms with Crippen LogP contribution in [0.1, 0.15) is 38.2 Å². The monoisotopic (exact) mass is 249 g/mol. The number of hydrogen-bond acceptors (Lipinski definition) is 3. The van der Waals surface area contributed by atoms with Crippen molar-refractivity contribution in [1.82, 2.24) is 5.32 Å². The molecule has 18 heavy (non-hydrogen) atoms. The highest BCUT2D eigenvalue weighted by Gasteiger charge is 2.11. The summed E-state index contributed by atoms with van der Waals surface area (Å²) in [6.07, 6.45) is 1.84. The molecule has 0 aromatic heterocycles. The van der Waals surface area contributed by atoms with Crippen molar-refractivity contribution in [3.8, 4) is 0 Å². The van der Waals surface area contributed by atoms with Crippen molar-refractivity contribution in [1.29, 1.82) is 0 Å². The Hall–Kier alpha value is -1.55. The van der Waals surface area contributed by atoms with Gasteiger partial charge in [-0.1, -0.05) is 49.3 Å². The second-order valence-electron chi connectivity index (χ2n) is 4.54. The molecule has 0 radical (unpaired) electrons. The Bertz CT molecular complexity index is 365. The Kier molecular flexibility index (Phi) is 6.22. The van der Waals surface area contributed by atoms with Crippen LogP contribution in [-0.2, 0) is 0 Å². The molecule has 1 aromatic carbocycles. The lowest BCUT2D eigenvalue weighted by Crippen LogP contribution is -2.41. The minimum Gasteiger partial charge on any atom is -0.409 e. The van der Waals surface area contributed by atoms with Crippen molar-refractivity contribution < 1.29 is 5.21 Å². The summed E-state index contributed by atoms with van der Waals surface area (Å²) in [6.45, 7) is 5.07. The zero-order valence-electron chi connectivity index (χ0n) is 11.1. The number of nitrogens with one attached hydrogen (secondary N) is 1. The van der Waals surface area contributed by atoms with Gasteiger partial charge in [0.25, 0.3) is 0 Å². The van der Waals surface area contributed by atoms with Gasteiger partial charge in [0, 0.05) is 0 Å². The molecular formula is C14H23N3O. The normalized spacial score (nSPS) is 15.3. The predicted molar refractivity (Wildman–Crippen MR) is 75.0 cm³/mol. The Labute approximate surface area is 109 Å². The van der Waals surface area contributed by atoms with E-state index in [9.17, 15) is 0 Å². The maximum absolute atomic E-state index is 8.65. The molecule has 0 fully saturated rings. The first-order valence-corrected chi connectivity index (χ1v) is 6.44. The van der Waals surface area contributed by atoms with Gasteiger partial charge < -0.3 is 16.3 Å². The lowest BCUT2D eigenvalue weighted by Gasteiger charge is -2.17. The molecule has 4 heteroatoms. The van der Waals surface area contributed by atoms with Crippen LogP contribution in [0.3, 0.4) is 0 Å². The highest BCUT2D eigenvalue weighted by Crippen LogP contribution is 2.17. The molecule has 0 aliphatic heterocycles. The number of nitrogens with zero attached hydrogens (tertiary/aromatic N) is 1. The van der Waals surface area contributed by atoms with Crippen LogP contribution in [0, 0.1) is 0 Å². The van der Waals surface area contributed by atoms with Crippen molar-refractivity contribution in [3.05, 3.63) is 35.9 Å². The zero-order valence-corrected chi connectivity index (χ0v) is 11.1. The molecular weight excluding hydrogens is 226 g/mol. The van der Waals surface area contributed by atoms with Gasteiger partial charge in [0.05, 0.1) is 6.04 Å². The summed E-state index contributed by atoms with van der Waals surface area (Å²) in [6, 6.07) is 10.4. The second-order valence-corrected chi connectivity index (χ2v) is 4.54. The van der Waals surface area contributed by atoms with Crippen molar-refractivity contribution in [2.24, 2.45) is 10.9 Å². The third kappa shape index (κ3) is 4.37. The van der Waals surface area contributed by atoms with Crippen LogP contribution in [0.5, 0.6) is 0 Å². The molecule has 4 nitrogen and oxygen atoms in total. The molecule has 4 N–H and O–H groups in total. The van der Waals surface area contributed by atoms with Crippen LogP contribution >= 0.6 is 0 Å². The molecule has 0 saturated heterocycles. The molecule has 0 heterocycles. The Balaban J connectivity index is 2.37. The maximum atomic E-state index is 8.65. The van der Waals surface area contributed by atoms with E-state index in [2.05, 4.69) is 41.7 Å². The van der Waals surface area contributed by atoms with E-state index in [1.807, 2.05) is 13.0 Å². The van der Waals surface area contributed by atoms with Crippen molar-refractivity contribution in [2.45, 2.75) is 38.6 Å². The standard InChI is InChI=1S/C14H23N3O/c1-3-13(14(15)17-18)16-10-9-11(2)12-7-5-4-6-8-12/h4-8,11,13,16,18H,3,9-10H2,1-2H3,(H2,15,17). The molecule has 0 amide bonds. The van der Waals surface area contributed by atoms with Crippen LogP contribution in [0.4, 0.5) is 0 Å². The van der Waals surface area contributed by atoms with E-state index in [-0.39, 0.29) is 11.9 Å². The lowest BCUT2D eigenvalue weighted by molar-refractivity contribution is 0.314. The minimum absolute atomic E-state index is 0.0435. The fourth-order valence-corrected chi connectivity index (χ4v) is 1.95. The summed E-state index contributed by atoms with van der Waals surface area (Å²) >= 11 is 0. The Morgan fingerprint density at radius 3 is 2.61 bits per heavy atom. The summed E-state index contributed by atoms with van der Waals surface area (Å²) in [7, 11) is 0. The molecule has 0 bridgehead atoms. The molecule has 2 unspecified atom stereocenters. The fraction of sp³-hybridized carbons (Fsp3) is 0.500. The van der Waals surface area contributed by atoms with Gasteiger partial charge in [-0.3, -0.25) is 0 Å². The number of benzene rings is 1. The van der Waals surface area contributed by atoms with E-state index in [4.69, 9.17) is 10.9 Å². The number of amidine groups is 1. The first-order chi connectivity index (χ1) is 8.69. The van der Waals surface area contributed by atoms with Crippen LogP contribution < -0.4 is 11.1 Å². The van der Waals surface area contributed by atoms with Gasteiger partial charge in [-0.05, 0) is 30.9 Å². The minimum atomic E-state index is -0.0435. The van der Waals surface area contributed by atoms with Crippen LogP contribution in [0.15, 0.2) is 35.5 Å². The number of oxime groups is 1. The third-order valence-corrected chi connectivity index (χ3v) is 3.22. The van der Waals surface area contributed by atoms with Gasteiger partial charge >= 0.3 is 0 Å². The largest absolute Gasteiger partial charge is 0.409 e. The number of hydrogen-bond donors (Lipinski definition) is 3. The average molecular weight is 249 g/mol. The van der Waals surface area contributed by atoms with Crippen LogP contribution in [-0.4, -0.2) is 23.6 Å². The van der Waals surface area contributed by atoms with Gasteiger partial charge in [0.1, 0.15) is 0 Å². The number of rotatable bonds is 7. The summed E-state index contributed by atoms with van der Waals surface area (Å²) in [5.74, 6) is 0.758. The van der Waals surface area contributed by atoms with Crippen molar-refractivity contribution >= 4 is 5.84 Å². The molecule has 0 aliphatic rings. The molecule has 0 aliphatic carbocycles. The molecule has 100 valence electrons. The van der Waals surface area contributed by atoms with Gasteiger partial charge in [0.2, 0.25) is 0 Å². The molecule has 0 saturated carbocycles. The molecule has 1 rings (SSSR count). The van der Waals surface area contributed by atoms with E-state index < -0.39 is 0 Å². The van der Waals surface area contributed by atoms with E-state index >= 15 is 0 Å². The Morgan fingerprint density at radius 2 is 2.06 bits per heavy atom. The average Bonchev–Trinajstić information content (AvgIpc) is 2.43. The topological polar surface area (TPSA) is 70.6 Å². The highest BCUT2D eigenvalue weighted by atomic mass is 16.4. The Morgan fingerprint density at radius 1 is 1.39 bits per heavy atom. The zero-order chi connectivity index (χ0) is 13.4. The van der Waals surface area contributed by atoms with Gasteiger partial charge in [-0.25, -0.2) is 0 Å². The summed E-state index contributed by atoms with van der Waals surface area (Å²) < 4.78 is 0. The quantitative estimate of drug-likeness (QED) is 0.300.